The number of nitrogen functional groups attached to an aromatic ring is 1. The van der Waals surface area contributed by atoms with Crippen LogP contribution >= 0.6 is 0 Å². The lowest BCUT2D eigenvalue weighted by atomic mass is 10.1. The molecule has 0 spiro atoms. The molecule has 2 rings (SSSR count). The van der Waals surface area contributed by atoms with Crippen LogP contribution in [0.2, 0.25) is 0 Å². The molecular formula is C17H26N6O4. The fourth-order valence-corrected chi connectivity index (χ4v) is 2.60. The number of hydrogen-bond donors (Lipinski definition) is 3. The van der Waals surface area contributed by atoms with Gasteiger partial charge in [0.05, 0.1) is 14.2 Å². The molecule has 0 unspecified atom stereocenters. The molecule has 0 amide bonds. The Morgan fingerprint density at radius 2 is 2.04 bits per heavy atom. The Kier molecular flexibility index (Phi) is 7.80. The number of nitrogens with zero attached hydrogens (tertiary/aromatic N) is 4. The number of aliphatic hydroxyl groups excluding tert-OH is 1. The first kappa shape index (κ1) is 20.4. The Labute approximate surface area is 158 Å². The van der Waals surface area contributed by atoms with E-state index in [2.05, 4.69) is 32.4 Å². The van der Waals surface area contributed by atoms with Gasteiger partial charge in [0.2, 0.25) is 5.95 Å². The standard InChI is InChI=1S/C17H26N6O4/c1-4-5-11(7-9-24)20-15-16(22-23-17(18)21-15)27-10-12-14(26-3)13(25-2)6-8-19-12/h6,8,11,24H,4-5,7,9-10H2,1-3H3,(H3,18,20,21,23)/t11-/m1/s1. The molecular weight excluding hydrogens is 352 g/mol. The summed E-state index contributed by atoms with van der Waals surface area (Å²) in [7, 11) is 3.08. The molecule has 10 heteroatoms. The van der Waals surface area contributed by atoms with Gasteiger partial charge < -0.3 is 30.4 Å². The fourth-order valence-electron chi connectivity index (χ4n) is 2.60. The van der Waals surface area contributed by atoms with Gasteiger partial charge in [-0.2, -0.15) is 4.98 Å². The summed E-state index contributed by atoms with van der Waals surface area (Å²) in [5, 5.41) is 20.2. The van der Waals surface area contributed by atoms with Crippen LogP contribution < -0.4 is 25.3 Å². The Hall–Kier alpha value is -2.88. The van der Waals surface area contributed by atoms with Crippen LogP contribution in [0.1, 0.15) is 31.9 Å². The average molecular weight is 378 g/mol. The first-order valence-electron chi connectivity index (χ1n) is 8.69. The molecule has 2 aromatic heterocycles. The lowest BCUT2D eigenvalue weighted by Crippen LogP contribution is -2.23. The molecule has 27 heavy (non-hydrogen) atoms. The summed E-state index contributed by atoms with van der Waals surface area (Å²) in [6.45, 7) is 2.21. The summed E-state index contributed by atoms with van der Waals surface area (Å²) >= 11 is 0. The number of aromatic nitrogens is 4. The minimum atomic E-state index is 0.0166. The predicted octanol–water partition coefficient (Wildman–Crippen LogP) is 1.41. The first-order chi connectivity index (χ1) is 13.1. The molecule has 2 heterocycles. The topological polar surface area (TPSA) is 138 Å². The number of ether oxygens (including phenoxy) is 3. The van der Waals surface area contributed by atoms with Gasteiger partial charge in [-0.15, -0.1) is 10.2 Å². The molecule has 0 aliphatic heterocycles. The highest BCUT2D eigenvalue weighted by Gasteiger charge is 2.17. The number of nitrogens with two attached hydrogens (primary N) is 1. The van der Waals surface area contributed by atoms with E-state index >= 15 is 0 Å². The minimum absolute atomic E-state index is 0.0166. The normalized spacial score (nSPS) is 11.7. The molecule has 0 aromatic carbocycles. The van der Waals surface area contributed by atoms with E-state index in [-0.39, 0.29) is 31.1 Å². The third-order valence-corrected chi connectivity index (χ3v) is 3.84. The zero-order valence-corrected chi connectivity index (χ0v) is 15.8. The van der Waals surface area contributed by atoms with Gasteiger partial charge in [-0.05, 0) is 12.8 Å². The van der Waals surface area contributed by atoms with Gasteiger partial charge in [-0.3, -0.25) is 4.98 Å². The van der Waals surface area contributed by atoms with E-state index in [0.717, 1.165) is 12.8 Å². The maximum absolute atomic E-state index is 9.25. The molecule has 0 aliphatic rings. The lowest BCUT2D eigenvalue weighted by molar-refractivity contribution is 0.269. The van der Waals surface area contributed by atoms with E-state index in [9.17, 15) is 5.11 Å². The highest BCUT2D eigenvalue weighted by atomic mass is 16.5. The molecule has 2 aromatic rings. The number of methoxy groups -OCH3 is 2. The lowest BCUT2D eigenvalue weighted by Gasteiger charge is -2.19. The SMILES string of the molecule is CCC[C@H](CCO)Nc1nc(N)nnc1OCc1nccc(OC)c1OC. The first-order valence-corrected chi connectivity index (χ1v) is 8.69. The van der Waals surface area contributed by atoms with E-state index < -0.39 is 0 Å². The van der Waals surface area contributed by atoms with Crippen molar-refractivity contribution in [1.29, 1.82) is 0 Å². The quantitative estimate of drug-likeness (QED) is 0.526. The molecule has 0 aliphatic carbocycles. The highest BCUT2D eigenvalue weighted by Crippen LogP contribution is 2.30. The molecule has 4 N–H and O–H groups in total. The van der Waals surface area contributed by atoms with Crippen molar-refractivity contribution in [2.75, 3.05) is 31.9 Å². The Bertz CT molecular complexity index is 725. The molecule has 0 bridgehead atoms. The van der Waals surface area contributed by atoms with Crippen LogP contribution in [0.25, 0.3) is 0 Å². The van der Waals surface area contributed by atoms with Crippen molar-refractivity contribution in [3.8, 4) is 17.4 Å². The van der Waals surface area contributed by atoms with Crippen LogP contribution in [0, 0.1) is 0 Å². The Morgan fingerprint density at radius 3 is 2.70 bits per heavy atom. The summed E-state index contributed by atoms with van der Waals surface area (Å²) in [6.07, 6.45) is 3.98. The zero-order valence-electron chi connectivity index (χ0n) is 15.8. The van der Waals surface area contributed by atoms with Crippen LogP contribution in [-0.2, 0) is 6.61 Å². The van der Waals surface area contributed by atoms with Crippen LogP contribution in [0.3, 0.4) is 0 Å². The number of nitrogens with one attached hydrogen (secondary N) is 1. The van der Waals surface area contributed by atoms with Crippen molar-refractivity contribution < 1.29 is 19.3 Å². The third kappa shape index (κ3) is 5.55. The molecule has 0 saturated carbocycles. The molecule has 148 valence electrons. The van der Waals surface area contributed by atoms with Gasteiger partial charge in [0, 0.05) is 24.9 Å². The van der Waals surface area contributed by atoms with Crippen LogP contribution in [0.5, 0.6) is 17.4 Å². The molecule has 0 saturated heterocycles. The second kappa shape index (κ2) is 10.3. The third-order valence-electron chi connectivity index (χ3n) is 3.84. The number of hydrogen-bond acceptors (Lipinski definition) is 10. The van der Waals surface area contributed by atoms with Crippen molar-refractivity contribution in [2.45, 2.75) is 38.8 Å². The summed E-state index contributed by atoms with van der Waals surface area (Å²) in [4.78, 5) is 8.44. The predicted molar refractivity (Wildman–Crippen MR) is 99.9 cm³/mol. The number of aliphatic hydroxyl groups is 1. The summed E-state index contributed by atoms with van der Waals surface area (Å²) in [6, 6.07) is 1.72. The van der Waals surface area contributed by atoms with E-state index in [4.69, 9.17) is 19.9 Å². The highest BCUT2D eigenvalue weighted by molar-refractivity contribution is 5.48. The molecule has 0 fully saturated rings. The van der Waals surface area contributed by atoms with Crippen molar-refractivity contribution in [3.63, 3.8) is 0 Å². The van der Waals surface area contributed by atoms with E-state index in [1.165, 1.54) is 7.11 Å². The van der Waals surface area contributed by atoms with Crippen molar-refractivity contribution in [2.24, 2.45) is 0 Å². The summed E-state index contributed by atoms with van der Waals surface area (Å²) < 4.78 is 16.4. The Balaban J connectivity index is 2.19. The van der Waals surface area contributed by atoms with Gasteiger partial charge in [0.15, 0.2) is 17.3 Å². The monoisotopic (exact) mass is 378 g/mol. The van der Waals surface area contributed by atoms with Crippen molar-refractivity contribution >= 4 is 11.8 Å². The minimum Gasteiger partial charge on any atom is -0.493 e. The van der Waals surface area contributed by atoms with Crippen LogP contribution in [0.15, 0.2) is 12.3 Å². The number of rotatable bonds is 11. The second-order valence-electron chi connectivity index (χ2n) is 5.75. The fraction of sp³-hybridized carbons (Fsp3) is 0.529. The van der Waals surface area contributed by atoms with Gasteiger partial charge in [-0.25, -0.2) is 0 Å². The van der Waals surface area contributed by atoms with Gasteiger partial charge >= 0.3 is 0 Å². The van der Waals surface area contributed by atoms with Crippen molar-refractivity contribution in [1.82, 2.24) is 20.2 Å². The average Bonchev–Trinajstić information content (AvgIpc) is 2.67. The maximum Gasteiger partial charge on any atom is 0.277 e. The van der Waals surface area contributed by atoms with Gasteiger partial charge in [0.1, 0.15) is 12.3 Å². The maximum atomic E-state index is 9.25. The number of anilines is 2. The Morgan fingerprint density at radius 1 is 1.22 bits per heavy atom. The number of pyridine rings is 1. The second-order valence-corrected chi connectivity index (χ2v) is 5.75. The summed E-state index contributed by atoms with van der Waals surface area (Å²) in [5.41, 5.74) is 6.21. The molecule has 1 atom stereocenters. The van der Waals surface area contributed by atoms with Crippen molar-refractivity contribution in [3.05, 3.63) is 18.0 Å². The van der Waals surface area contributed by atoms with Gasteiger partial charge in [-0.1, -0.05) is 13.3 Å². The summed E-state index contributed by atoms with van der Waals surface area (Å²) in [5.74, 6) is 1.62. The van der Waals surface area contributed by atoms with Crippen LogP contribution in [-0.4, -0.2) is 52.1 Å². The largest absolute Gasteiger partial charge is 0.493 e. The van der Waals surface area contributed by atoms with Crippen LogP contribution in [0.4, 0.5) is 11.8 Å². The van der Waals surface area contributed by atoms with Gasteiger partial charge in [0.25, 0.3) is 5.88 Å². The molecule has 0 radical (unpaired) electrons. The van der Waals surface area contributed by atoms with E-state index in [0.29, 0.717) is 29.4 Å². The van der Waals surface area contributed by atoms with E-state index in [1.54, 1.807) is 19.4 Å². The smallest absolute Gasteiger partial charge is 0.277 e. The zero-order chi connectivity index (χ0) is 19.6. The molecule has 10 nitrogen and oxygen atoms in total. The van der Waals surface area contributed by atoms with E-state index in [1.807, 2.05) is 0 Å².